The lowest BCUT2D eigenvalue weighted by Crippen LogP contribution is -2.39. The van der Waals surface area contributed by atoms with Crippen LogP contribution >= 0.6 is 0 Å². The van der Waals surface area contributed by atoms with Gasteiger partial charge >= 0.3 is 5.97 Å². The number of carbonyl (C=O) groups is 2. The number of rotatable bonds is 3. The second-order valence-electron chi connectivity index (χ2n) is 3.05. The van der Waals surface area contributed by atoms with Gasteiger partial charge in [0, 0.05) is 6.08 Å². The third-order valence-electron chi connectivity index (χ3n) is 1.77. The van der Waals surface area contributed by atoms with E-state index in [2.05, 4.69) is 0 Å². The largest absolute Gasteiger partial charge is 0.510 e. The number of hydrogen-bond acceptors (Lipinski definition) is 4. The molecule has 0 saturated carbocycles. The monoisotopic (exact) mass is 201 g/mol. The highest BCUT2D eigenvalue weighted by Gasteiger charge is 2.23. The van der Waals surface area contributed by atoms with Crippen molar-refractivity contribution in [2.45, 2.75) is 6.92 Å². The smallest absolute Gasteiger partial charge is 0.308 e. The van der Waals surface area contributed by atoms with Gasteiger partial charge in [-0.25, -0.2) is 5.06 Å². The minimum Gasteiger partial charge on any atom is -0.510 e. The first kappa shape index (κ1) is 10.5. The number of nitrogens with zero attached hydrogens (tertiary/aromatic N) is 1. The van der Waals surface area contributed by atoms with E-state index in [0.29, 0.717) is 0 Å². The molecule has 1 aliphatic heterocycles. The van der Waals surface area contributed by atoms with E-state index < -0.39 is 17.8 Å². The van der Waals surface area contributed by atoms with Crippen LogP contribution in [0.5, 0.6) is 0 Å². The molecule has 1 rings (SSSR count). The Morgan fingerprint density at radius 2 is 2.43 bits per heavy atom. The normalized spacial score (nSPS) is 19.1. The summed E-state index contributed by atoms with van der Waals surface area (Å²) in [5, 5.41) is 18.4. The summed E-state index contributed by atoms with van der Waals surface area (Å²) in [5.41, 5.74) is 0. The van der Waals surface area contributed by atoms with Crippen LogP contribution in [-0.4, -0.2) is 40.3 Å². The zero-order valence-electron chi connectivity index (χ0n) is 7.64. The number of aliphatic hydroxyl groups excluding tert-OH is 1. The van der Waals surface area contributed by atoms with Crippen molar-refractivity contribution >= 4 is 11.9 Å². The van der Waals surface area contributed by atoms with Crippen LogP contribution < -0.4 is 0 Å². The first-order chi connectivity index (χ1) is 6.50. The zero-order chi connectivity index (χ0) is 10.7. The van der Waals surface area contributed by atoms with E-state index >= 15 is 0 Å². The quantitative estimate of drug-likeness (QED) is 0.667. The first-order valence-corrected chi connectivity index (χ1v) is 4.07. The average Bonchev–Trinajstić information content (AvgIpc) is 2.09. The maximum absolute atomic E-state index is 11.1. The van der Waals surface area contributed by atoms with Gasteiger partial charge in [-0.05, 0) is 0 Å². The molecule has 0 bridgehead atoms. The number of hydrogen-bond donors (Lipinski definition) is 2. The average molecular weight is 201 g/mol. The number of aliphatic hydroxyl groups is 1. The van der Waals surface area contributed by atoms with E-state index in [-0.39, 0.29) is 18.9 Å². The summed E-state index contributed by atoms with van der Waals surface area (Å²) < 4.78 is 0. The third kappa shape index (κ3) is 2.46. The Hall–Kier alpha value is -1.56. The van der Waals surface area contributed by atoms with Gasteiger partial charge in [-0.1, -0.05) is 6.92 Å². The summed E-state index contributed by atoms with van der Waals surface area (Å²) in [5.74, 6) is -2.40. The second-order valence-corrected chi connectivity index (χ2v) is 3.05. The molecule has 0 aliphatic carbocycles. The van der Waals surface area contributed by atoms with Crippen molar-refractivity contribution in [1.29, 1.82) is 0 Å². The van der Waals surface area contributed by atoms with Gasteiger partial charge in [-0.3, -0.25) is 14.4 Å². The Morgan fingerprint density at radius 3 is 2.93 bits per heavy atom. The van der Waals surface area contributed by atoms with Gasteiger partial charge in [0.05, 0.1) is 12.5 Å². The number of carboxylic acid groups (broad SMARTS) is 1. The Balaban J connectivity index is 2.55. The molecule has 0 fully saturated rings. The minimum atomic E-state index is -1.000. The first-order valence-electron chi connectivity index (χ1n) is 4.07. The lowest BCUT2D eigenvalue weighted by molar-refractivity contribution is -0.189. The molecule has 1 atom stereocenters. The molecule has 0 radical (unpaired) electrons. The number of carboxylic acids is 1. The van der Waals surface area contributed by atoms with Gasteiger partial charge in [-0.2, -0.15) is 0 Å². The SMILES string of the molecule is CC(CN1OCC(O)=CC1=O)C(=O)O. The van der Waals surface area contributed by atoms with Gasteiger partial charge in [0.1, 0.15) is 12.4 Å². The molecule has 6 heteroatoms. The number of hydroxylamine groups is 2. The van der Waals surface area contributed by atoms with Crippen molar-refractivity contribution < 1.29 is 24.6 Å². The molecular formula is C8H11NO5. The Labute approximate surface area is 80.3 Å². The van der Waals surface area contributed by atoms with E-state index in [4.69, 9.17) is 15.1 Å². The van der Waals surface area contributed by atoms with Gasteiger partial charge in [0.2, 0.25) is 0 Å². The maximum atomic E-state index is 11.1. The maximum Gasteiger partial charge on any atom is 0.308 e. The summed E-state index contributed by atoms with van der Waals surface area (Å²) in [6.07, 6.45) is 1.01. The van der Waals surface area contributed by atoms with Crippen molar-refractivity contribution in [3.8, 4) is 0 Å². The van der Waals surface area contributed by atoms with Crippen molar-refractivity contribution in [3.05, 3.63) is 11.8 Å². The molecule has 1 heterocycles. The van der Waals surface area contributed by atoms with Crippen LogP contribution in [0.1, 0.15) is 6.92 Å². The van der Waals surface area contributed by atoms with Crippen LogP contribution in [-0.2, 0) is 14.4 Å². The summed E-state index contributed by atoms with van der Waals surface area (Å²) in [6.45, 7) is 1.34. The molecule has 14 heavy (non-hydrogen) atoms. The number of amides is 1. The zero-order valence-corrected chi connectivity index (χ0v) is 7.64. The molecule has 0 aromatic carbocycles. The van der Waals surface area contributed by atoms with E-state index in [9.17, 15) is 9.59 Å². The van der Waals surface area contributed by atoms with Crippen LogP contribution in [0.4, 0.5) is 0 Å². The second kappa shape index (κ2) is 4.10. The van der Waals surface area contributed by atoms with E-state index in [1.54, 1.807) is 0 Å². The van der Waals surface area contributed by atoms with E-state index in [0.717, 1.165) is 11.1 Å². The van der Waals surface area contributed by atoms with Crippen molar-refractivity contribution in [3.63, 3.8) is 0 Å². The van der Waals surface area contributed by atoms with Gasteiger partial charge in [0.15, 0.2) is 0 Å². The van der Waals surface area contributed by atoms with Crippen molar-refractivity contribution in [2.75, 3.05) is 13.2 Å². The summed E-state index contributed by atoms with van der Waals surface area (Å²) >= 11 is 0. The van der Waals surface area contributed by atoms with Crippen LogP contribution in [0, 0.1) is 5.92 Å². The van der Waals surface area contributed by atoms with Crippen LogP contribution in [0.25, 0.3) is 0 Å². The number of carbonyl (C=O) groups excluding carboxylic acids is 1. The molecule has 0 aromatic rings. The molecule has 6 nitrogen and oxygen atoms in total. The fourth-order valence-electron chi connectivity index (χ4n) is 0.933. The van der Waals surface area contributed by atoms with Crippen LogP contribution in [0.2, 0.25) is 0 Å². The van der Waals surface area contributed by atoms with Crippen molar-refractivity contribution in [2.24, 2.45) is 5.92 Å². The fourth-order valence-corrected chi connectivity index (χ4v) is 0.933. The molecule has 2 N–H and O–H groups in total. The van der Waals surface area contributed by atoms with Gasteiger partial charge in [-0.15, -0.1) is 0 Å². The van der Waals surface area contributed by atoms with E-state index in [1.165, 1.54) is 6.92 Å². The molecule has 0 aromatic heterocycles. The molecule has 1 unspecified atom stereocenters. The Morgan fingerprint density at radius 1 is 1.79 bits per heavy atom. The molecule has 1 amide bonds. The highest BCUT2D eigenvalue weighted by molar-refractivity contribution is 5.88. The van der Waals surface area contributed by atoms with Crippen molar-refractivity contribution in [1.82, 2.24) is 5.06 Å². The summed E-state index contributed by atoms with van der Waals surface area (Å²) in [4.78, 5) is 26.4. The van der Waals surface area contributed by atoms with Gasteiger partial charge in [0.25, 0.3) is 5.91 Å². The molecule has 1 aliphatic rings. The van der Waals surface area contributed by atoms with E-state index in [1.807, 2.05) is 0 Å². The Bertz CT molecular complexity index is 285. The predicted octanol–water partition coefficient (Wildman–Crippen LogP) is -0.0772. The van der Waals surface area contributed by atoms with Crippen LogP contribution in [0.3, 0.4) is 0 Å². The Kier molecular flexibility index (Phi) is 3.08. The third-order valence-corrected chi connectivity index (χ3v) is 1.77. The topological polar surface area (TPSA) is 87.1 Å². The highest BCUT2D eigenvalue weighted by atomic mass is 16.7. The molecular weight excluding hydrogens is 190 g/mol. The summed E-state index contributed by atoms with van der Waals surface area (Å²) in [6, 6.07) is 0. The number of aliphatic carboxylic acids is 1. The van der Waals surface area contributed by atoms with Gasteiger partial charge < -0.3 is 10.2 Å². The molecule has 0 spiro atoms. The predicted molar refractivity (Wildman–Crippen MR) is 45.2 cm³/mol. The lowest BCUT2D eigenvalue weighted by Gasteiger charge is -2.25. The van der Waals surface area contributed by atoms with Crippen LogP contribution in [0.15, 0.2) is 11.8 Å². The summed E-state index contributed by atoms with van der Waals surface area (Å²) in [7, 11) is 0. The molecule has 78 valence electrons. The minimum absolute atomic E-state index is 0.0298. The lowest BCUT2D eigenvalue weighted by atomic mass is 10.2. The standard InChI is InChI=1S/C8H11NO5/c1-5(8(12)13)3-9-7(11)2-6(10)4-14-9/h2,5,10H,3-4H2,1H3,(H,12,13). The fraction of sp³-hybridized carbons (Fsp3) is 0.500. The molecule has 0 saturated heterocycles. The highest BCUT2D eigenvalue weighted by Crippen LogP contribution is 2.09.